The van der Waals surface area contributed by atoms with E-state index < -0.39 is 318 Å². The monoisotopic (exact) mass is 2130 g/mol. The minimum atomic E-state index is -2.86. The topological polar surface area (TPSA) is 876 Å². The molecule has 0 saturated carbocycles. The van der Waals surface area contributed by atoms with Crippen LogP contribution in [0.4, 0.5) is 0 Å². The number of ether oxygens (including phenoxy) is 16. The molecule has 0 aliphatic carbocycles. The molecule has 0 radical (unpaired) electrons. The summed E-state index contributed by atoms with van der Waals surface area (Å²) >= 11 is 3.52. The molecule has 131 heavy (non-hydrogen) atoms. The third-order valence-electron chi connectivity index (χ3n) is 20.2. The van der Waals surface area contributed by atoms with Crippen LogP contribution in [0.5, 0.6) is 0 Å². The molecule has 0 aromatic rings. The van der Waals surface area contributed by atoms with Gasteiger partial charge in [0.2, 0.25) is 60.6 Å². The molecule has 7 heterocycles. The van der Waals surface area contributed by atoms with Gasteiger partial charge in [-0.2, -0.15) is 5.48 Å². The van der Waals surface area contributed by atoms with E-state index in [2.05, 4.69) is 51.7 Å². The average Bonchev–Trinajstić information content (AvgIpc) is 1.60. The van der Waals surface area contributed by atoms with E-state index in [4.69, 9.17) is 76.9 Å². The normalized spacial score (nSPS) is 34.6. The van der Waals surface area contributed by atoms with Crippen molar-refractivity contribution >= 4 is 143 Å². The van der Waals surface area contributed by atoms with Crippen LogP contribution < -0.4 is 43.1 Å². The number of hydrogen-bond donors (Lipinski definition) is 24. The van der Waals surface area contributed by atoms with Crippen LogP contribution in [0, 0.1) is 0 Å². The number of nitrogens with two attached hydrogens (primary N) is 1. The first-order chi connectivity index (χ1) is 61.8. The fraction of sp³-hybridized carbons (Fsp3) is 0.771. The van der Waals surface area contributed by atoms with E-state index in [1.54, 1.807) is 45.2 Å². The van der Waals surface area contributed by atoms with Gasteiger partial charge in [0.15, 0.2) is 0 Å². The number of rotatable bonds is 45. The van der Waals surface area contributed by atoms with Crippen molar-refractivity contribution in [3.8, 4) is 0 Å². The van der Waals surface area contributed by atoms with E-state index in [1.165, 1.54) is 0 Å². The van der Waals surface area contributed by atoms with Gasteiger partial charge in [0.25, 0.3) is 50.6 Å². The van der Waals surface area contributed by atoms with E-state index in [-0.39, 0.29) is 73.6 Å². The van der Waals surface area contributed by atoms with Crippen LogP contribution in [-0.4, -0.2) is 453 Å². The first-order valence-electron chi connectivity index (χ1n) is 39.2. The summed E-state index contributed by atoms with van der Waals surface area (Å²) < 4.78 is 85.4. The molecule has 61 heteroatoms. The molecule has 746 valence electrons. The van der Waals surface area contributed by atoms with Crippen molar-refractivity contribution < 1.29 is 244 Å². The van der Waals surface area contributed by atoms with Crippen LogP contribution in [0.3, 0.4) is 0 Å². The van der Waals surface area contributed by atoms with Gasteiger partial charge in [0, 0.05) is 60.9 Å². The fourth-order valence-corrected chi connectivity index (χ4v) is 14.9. The first kappa shape index (κ1) is 114. The number of carbonyl (C=O) groups excluding carboxylic acids is 16. The Balaban J connectivity index is 0.000000411. The van der Waals surface area contributed by atoms with Crippen LogP contribution in [0.2, 0.25) is 0 Å². The number of imide groups is 1. The minimum absolute atomic E-state index is 0.0479. The molecule has 7 fully saturated rings. The Kier molecular flexibility index (Phi) is 46.8. The highest BCUT2D eigenvalue weighted by atomic mass is 127. The maximum absolute atomic E-state index is 12.5. The maximum atomic E-state index is 12.5. The molecule has 0 aromatic heterocycles. The van der Waals surface area contributed by atoms with Crippen molar-refractivity contribution in [3.63, 3.8) is 0 Å². The molecule has 0 aromatic carbocycles. The number of nitrogens with one attached hydrogen (secondary N) is 7. The standard InChI is InChI=1S/C33H51IN4O24.C31H50N4O22.C6H6INO4/c1-12(44)36-20-15(47)4-33(53,56-11-43)61-28(20)24(50)18(8-40)58-30-26(52)22(38-14(3)46)27(60-32(30)55-10-42)23(49)17(7-39)57-29-25(51)21(37-13(2)45)16(59-31(29)54-9-41)6-35-62-19(48)5-34;1-11(41)33-18-14(44)4-31(49,52-10-40)57-26(18)22(46)17(7-37)54-28-24(48)20(35-13(3)43)25(56-30(28)51-9-39)21(45)16(6-36)53-27-23(47)19(34-12(2)42)15(5-32)55-29(27)50-8-38;7-3-6(11)12-8-4(9)1-2-5(8)10/h9-11,15-18,20-32,35,39-40,47,49-53H,4-8H2,1-3H3,(H,36,44)(H,37,45)(H,38,46);8-10,14-30,36-37,44-49H,4-7,32H2,1-3H3,(H,33,41)(H,34,42)(H,35,43);1-3H2. The highest BCUT2D eigenvalue weighted by Gasteiger charge is 2.61. The summed E-state index contributed by atoms with van der Waals surface area (Å²) in [5.74, 6) is -12.5. The summed E-state index contributed by atoms with van der Waals surface area (Å²) in [6, 6.07) is -9.36. The van der Waals surface area contributed by atoms with Gasteiger partial charge in [-0.25, -0.2) is 9.59 Å². The lowest BCUT2D eigenvalue weighted by Crippen LogP contribution is -2.70. The molecule has 7 aliphatic heterocycles. The molecule has 8 amide bonds. The highest BCUT2D eigenvalue weighted by Crippen LogP contribution is 2.39. The summed E-state index contributed by atoms with van der Waals surface area (Å²) in [5, 5.41) is 191. The largest absolute Gasteiger partial charge is 0.435 e. The van der Waals surface area contributed by atoms with Crippen LogP contribution in [0.15, 0.2) is 0 Å². The number of nitrogens with zero attached hydrogens (tertiary/aromatic N) is 1. The molecule has 7 saturated heterocycles. The molecule has 25 N–H and O–H groups in total. The third kappa shape index (κ3) is 31.3. The Morgan fingerprint density at radius 1 is 0.435 bits per heavy atom. The third-order valence-corrected chi connectivity index (χ3v) is 21.4. The van der Waals surface area contributed by atoms with Crippen LogP contribution in [0.1, 0.15) is 67.2 Å². The van der Waals surface area contributed by atoms with E-state index >= 15 is 0 Å². The first-order valence-corrected chi connectivity index (χ1v) is 42.2. The zero-order chi connectivity index (χ0) is 98.4. The predicted octanol–water partition coefficient (Wildman–Crippen LogP) is -17.1. The van der Waals surface area contributed by atoms with Crippen molar-refractivity contribution in [2.45, 2.75) is 287 Å². The molecule has 0 spiro atoms. The van der Waals surface area contributed by atoms with Crippen molar-refractivity contribution in [1.29, 1.82) is 0 Å². The van der Waals surface area contributed by atoms with E-state index in [0.29, 0.717) is 5.06 Å². The highest BCUT2D eigenvalue weighted by molar-refractivity contribution is 14.1. The number of aliphatic hydroxyl groups excluding tert-OH is 14. The lowest BCUT2D eigenvalue weighted by molar-refractivity contribution is -0.396. The van der Waals surface area contributed by atoms with Gasteiger partial charge in [-0.3, -0.25) is 67.1 Å². The van der Waals surface area contributed by atoms with E-state index in [0.717, 1.165) is 41.5 Å². The zero-order valence-corrected chi connectivity index (χ0v) is 74.2. The molecule has 7 rings (SSSR count). The Bertz CT molecular complexity index is 3760. The number of alkyl halides is 2. The van der Waals surface area contributed by atoms with Crippen molar-refractivity contribution in [2.24, 2.45) is 5.73 Å². The van der Waals surface area contributed by atoms with Gasteiger partial charge >= 0.3 is 23.9 Å². The SMILES string of the molecule is CC(=O)NC1C(CN)OC(OC=O)C(OC(CO)C(O)C2OC(OC=O)C(OC(CO)C(O)C3OC(O)(OC=O)CC(O)C3NC(C)=O)C(O)C2NC(C)=O)C1O.CC(=O)NC1C(CNOC(=O)CI)OC(OC=O)C(OC(CO)C(O)C2OC(OC=O)C(OC(CO)C(O)C3OC(O)(OC=O)CC(O)C3NC(C)=O)C(O)C2NC(C)=O)C1O.O=C(CI)ON1C(=O)CCC1=O. The summed E-state index contributed by atoms with van der Waals surface area (Å²) in [6.07, 6.45) is -54.7. The number of aliphatic hydroxyl groups is 16. The Labute approximate surface area is 767 Å². The number of hydrogen-bond acceptors (Lipinski definition) is 52. The summed E-state index contributed by atoms with van der Waals surface area (Å²) in [6.45, 7) is -0.0113. The van der Waals surface area contributed by atoms with Gasteiger partial charge in [-0.15, -0.1) is 5.06 Å². The Hall–Kier alpha value is -7.94. The molecule has 0 bridgehead atoms. The quantitative estimate of drug-likeness (QED) is 0.00512. The number of hydroxylamine groups is 3. The Morgan fingerprint density at radius 2 is 0.718 bits per heavy atom. The summed E-state index contributed by atoms with van der Waals surface area (Å²) in [7, 11) is 0. The van der Waals surface area contributed by atoms with Gasteiger partial charge in [-0.1, -0.05) is 45.2 Å². The van der Waals surface area contributed by atoms with Crippen LogP contribution in [0.25, 0.3) is 0 Å². The van der Waals surface area contributed by atoms with Crippen molar-refractivity contribution in [3.05, 3.63) is 0 Å². The summed E-state index contributed by atoms with van der Waals surface area (Å²) in [4.78, 5) is 194. The number of halogens is 2. The average molecular weight is 2130 g/mol. The maximum Gasteiger partial charge on any atom is 0.342 e. The van der Waals surface area contributed by atoms with Gasteiger partial charge in [0.1, 0.15) is 133 Å². The fourth-order valence-electron chi connectivity index (χ4n) is 14.6. The second-order valence-electron chi connectivity index (χ2n) is 29.5. The predicted molar refractivity (Wildman–Crippen MR) is 423 cm³/mol. The van der Waals surface area contributed by atoms with Crippen molar-refractivity contribution in [2.75, 3.05) is 48.4 Å². The second-order valence-corrected chi connectivity index (χ2v) is 31.0. The molecular formula is C70H107I2N9O50. The van der Waals surface area contributed by atoms with Gasteiger partial charge < -0.3 is 205 Å². The van der Waals surface area contributed by atoms with Crippen LogP contribution in [-0.2, 0) is 162 Å². The molecular weight excluding hydrogens is 2020 g/mol. The van der Waals surface area contributed by atoms with Crippen molar-refractivity contribution in [1.82, 2.24) is 42.4 Å². The van der Waals surface area contributed by atoms with E-state index in [1.807, 2.05) is 0 Å². The zero-order valence-electron chi connectivity index (χ0n) is 69.9. The molecule has 59 nitrogen and oxygen atoms in total. The number of carbonyl (C=O) groups is 16. The van der Waals surface area contributed by atoms with Gasteiger partial charge in [0.05, 0.1) is 105 Å². The lowest BCUT2D eigenvalue weighted by atomic mass is 9.89. The molecule has 36 unspecified atom stereocenters. The van der Waals surface area contributed by atoms with Gasteiger partial charge in [-0.05, 0) is 0 Å². The Morgan fingerprint density at radius 3 is 1.01 bits per heavy atom. The second kappa shape index (κ2) is 54.0. The molecule has 7 aliphatic rings. The minimum Gasteiger partial charge on any atom is -0.435 e. The lowest BCUT2D eigenvalue weighted by Gasteiger charge is -2.49. The molecule has 36 atom stereocenters. The number of amides is 8. The summed E-state index contributed by atoms with van der Waals surface area (Å²) in [5.41, 5.74) is 8.02. The van der Waals surface area contributed by atoms with Crippen LogP contribution >= 0.6 is 45.2 Å². The van der Waals surface area contributed by atoms with E-state index in [9.17, 15) is 158 Å². The smallest absolute Gasteiger partial charge is 0.342 e.